The van der Waals surface area contributed by atoms with Crippen molar-refractivity contribution >= 4 is 35.6 Å². The van der Waals surface area contributed by atoms with Gasteiger partial charge < -0.3 is 24.6 Å². The van der Waals surface area contributed by atoms with Crippen LogP contribution in [0.2, 0.25) is 0 Å². The monoisotopic (exact) mass is 542 g/mol. The van der Waals surface area contributed by atoms with E-state index in [4.69, 9.17) is 9.47 Å². The van der Waals surface area contributed by atoms with Gasteiger partial charge in [-0.05, 0) is 24.1 Å². The van der Waals surface area contributed by atoms with E-state index in [2.05, 4.69) is 10.3 Å². The predicted molar refractivity (Wildman–Crippen MR) is 122 cm³/mol. The van der Waals surface area contributed by atoms with Crippen molar-refractivity contribution < 1.29 is 22.6 Å². The highest BCUT2D eigenvalue weighted by atomic mass is 127. The Morgan fingerprint density at radius 2 is 1.97 bits per heavy atom. The first-order valence-corrected chi connectivity index (χ1v) is 9.91. The summed E-state index contributed by atoms with van der Waals surface area (Å²) in [5, 5.41) is 3.07. The summed E-state index contributed by atoms with van der Waals surface area (Å²) in [6.07, 6.45) is -3.43. The Morgan fingerprint density at radius 1 is 1.23 bits per heavy atom. The van der Waals surface area contributed by atoms with Gasteiger partial charge in [-0.25, -0.2) is 0 Å². The van der Waals surface area contributed by atoms with Gasteiger partial charge in [-0.2, -0.15) is 13.2 Å². The van der Waals surface area contributed by atoms with Crippen molar-refractivity contribution in [1.82, 2.24) is 10.2 Å². The third-order valence-electron chi connectivity index (χ3n) is 5.34. The maximum Gasteiger partial charge on any atom is 0.416 e. The molecule has 1 unspecified atom stereocenters. The third kappa shape index (κ3) is 6.61. The van der Waals surface area contributed by atoms with Gasteiger partial charge in [0.15, 0.2) is 5.96 Å². The maximum atomic E-state index is 13.7. The van der Waals surface area contributed by atoms with Gasteiger partial charge in [-0.15, -0.1) is 24.0 Å². The molecule has 2 heterocycles. The molecule has 2 fully saturated rings. The molecule has 0 radical (unpaired) electrons. The zero-order chi connectivity index (χ0) is 20.9. The molecule has 0 aliphatic carbocycles. The van der Waals surface area contributed by atoms with Crippen molar-refractivity contribution in [2.45, 2.75) is 19.1 Å². The zero-order valence-corrected chi connectivity index (χ0v) is 19.7. The minimum Gasteiger partial charge on any atom is -0.381 e. The van der Waals surface area contributed by atoms with Gasteiger partial charge in [0.2, 0.25) is 0 Å². The number of benzene rings is 1. The number of nitrogens with zero attached hydrogens (tertiary/aromatic N) is 3. The SMILES string of the molecule is CN=C(NCc1ccc(N2CCOCC2)cc1C(F)(F)F)N(C)CC1CCOC1.I. The number of aliphatic imine (C=N–C) groups is 1. The Labute approximate surface area is 192 Å². The third-order valence-corrected chi connectivity index (χ3v) is 5.34. The summed E-state index contributed by atoms with van der Waals surface area (Å²) in [7, 11) is 3.52. The van der Waals surface area contributed by atoms with Crippen LogP contribution in [0.15, 0.2) is 23.2 Å². The number of hydrogen-bond donors (Lipinski definition) is 1. The van der Waals surface area contributed by atoms with Gasteiger partial charge in [-0.1, -0.05) is 6.07 Å². The molecule has 0 aromatic heterocycles. The second-order valence-corrected chi connectivity index (χ2v) is 7.45. The number of morpholine rings is 1. The molecule has 1 atom stereocenters. The Bertz CT molecular complexity index is 706. The molecule has 1 aromatic rings. The summed E-state index contributed by atoms with van der Waals surface area (Å²) in [5.41, 5.74) is 0.164. The highest BCUT2D eigenvalue weighted by molar-refractivity contribution is 14.0. The second kappa shape index (κ2) is 11.4. The molecule has 10 heteroatoms. The largest absolute Gasteiger partial charge is 0.416 e. The van der Waals surface area contributed by atoms with Crippen LogP contribution in [-0.2, 0) is 22.2 Å². The molecule has 170 valence electrons. The lowest BCUT2D eigenvalue weighted by molar-refractivity contribution is -0.138. The van der Waals surface area contributed by atoms with Crippen molar-refractivity contribution in [3.63, 3.8) is 0 Å². The predicted octanol–water partition coefficient (Wildman–Crippen LogP) is 3.20. The van der Waals surface area contributed by atoms with E-state index in [0.29, 0.717) is 50.5 Å². The fourth-order valence-electron chi connectivity index (χ4n) is 3.76. The Balaban J connectivity index is 0.00000320. The summed E-state index contributed by atoms with van der Waals surface area (Å²) in [5.74, 6) is 0.986. The zero-order valence-electron chi connectivity index (χ0n) is 17.4. The highest BCUT2D eigenvalue weighted by Crippen LogP contribution is 2.35. The number of guanidine groups is 1. The van der Waals surface area contributed by atoms with E-state index in [0.717, 1.165) is 19.6 Å². The Hall–Kier alpha value is -1.27. The van der Waals surface area contributed by atoms with Crippen molar-refractivity contribution in [3.8, 4) is 0 Å². The summed E-state index contributed by atoms with van der Waals surface area (Å²) in [4.78, 5) is 8.08. The van der Waals surface area contributed by atoms with Crippen LogP contribution < -0.4 is 10.2 Å². The summed E-state index contributed by atoms with van der Waals surface area (Å²) in [6.45, 7) is 4.52. The van der Waals surface area contributed by atoms with Gasteiger partial charge in [-0.3, -0.25) is 4.99 Å². The molecule has 2 aliphatic rings. The molecule has 0 spiro atoms. The average Bonchev–Trinajstić information content (AvgIpc) is 3.21. The molecular formula is C20H30F3IN4O2. The van der Waals surface area contributed by atoms with Crippen LogP contribution in [0.3, 0.4) is 0 Å². The maximum absolute atomic E-state index is 13.7. The van der Waals surface area contributed by atoms with Crippen LogP contribution in [0.25, 0.3) is 0 Å². The first-order valence-electron chi connectivity index (χ1n) is 9.91. The first-order chi connectivity index (χ1) is 13.9. The normalized spacial score (nSPS) is 20.1. The number of halogens is 4. The summed E-state index contributed by atoms with van der Waals surface area (Å²) >= 11 is 0. The molecule has 30 heavy (non-hydrogen) atoms. The lowest BCUT2D eigenvalue weighted by atomic mass is 10.0. The lowest BCUT2D eigenvalue weighted by Gasteiger charge is -2.30. The number of nitrogens with one attached hydrogen (secondary N) is 1. The Morgan fingerprint density at radius 3 is 2.57 bits per heavy atom. The summed E-state index contributed by atoms with van der Waals surface area (Å²) < 4.78 is 51.8. The van der Waals surface area contributed by atoms with Gasteiger partial charge in [0.1, 0.15) is 0 Å². The molecule has 2 saturated heterocycles. The molecule has 0 bridgehead atoms. The van der Waals surface area contributed by atoms with E-state index >= 15 is 0 Å². The van der Waals surface area contributed by atoms with E-state index in [9.17, 15) is 13.2 Å². The summed E-state index contributed by atoms with van der Waals surface area (Å²) in [6, 6.07) is 4.54. The number of alkyl halides is 3. The standard InChI is InChI=1S/C20H29F3N4O2.HI/c1-24-19(26(2)13-15-5-8-29-14-15)25-12-16-3-4-17(11-18(16)20(21,22)23)27-6-9-28-10-7-27;/h3-4,11,15H,5-10,12-14H2,1-2H3,(H,24,25);1H. The van der Waals surface area contributed by atoms with Crippen LogP contribution in [0, 0.1) is 5.92 Å². The fraction of sp³-hybridized carbons (Fsp3) is 0.650. The number of rotatable bonds is 5. The Kier molecular flexibility index (Phi) is 9.48. The minimum absolute atomic E-state index is 0. The molecule has 1 aromatic carbocycles. The molecule has 3 rings (SSSR count). The number of hydrogen-bond acceptors (Lipinski definition) is 4. The van der Waals surface area contributed by atoms with E-state index < -0.39 is 11.7 Å². The van der Waals surface area contributed by atoms with Crippen LogP contribution in [0.4, 0.5) is 18.9 Å². The fourth-order valence-corrected chi connectivity index (χ4v) is 3.76. The molecule has 1 N–H and O–H groups in total. The number of ether oxygens (including phenoxy) is 2. The average molecular weight is 542 g/mol. The molecule has 0 saturated carbocycles. The smallest absolute Gasteiger partial charge is 0.381 e. The van der Waals surface area contributed by atoms with Gasteiger partial charge in [0, 0.05) is 58.5 Å². The topological polar surface area (TPSA) is 49.3 Å². The van der Waals surface area contributed by atoms with Crippen molar-refractivity contribution in [1.29, 1.82) is 0 Å². The molecule has 2 aliphatic heterocycles. The van der Waals surface area contributed by atoms with E-state index in [1.54, 1.807) is 19.2 Å². The highest BCUT2D eigenvalue weighted by Gasteiger charge is 2.34. The van der Waals surface area contributed by atoms with Crippen LogP contribution >= 0.6 is 24.0 Å². The van der Waals surface area contributed by atoms with Crippen LogP contribution in [0.1, 0.15) is 17.5 Å². The van der Waals surface area contributed by atoms with Gasteiger partial charge in [0.25, 0.3) is 0 Å². The second-order valence-electron chi connectivity index (χ2n) is 7.45. The van der Waals surface area contributed by atoms with Crippen molar-refractivity contribution in [3.05, 3.63) is 29.3 Å². The molecular weight excluding hydrogens is 512 g/mol. The molecule has 0 amide bonds. The molecule has 6 nitrogen and oxygen atoms in total. The van der Waals surface area contributed by atoms with Crippen molar-refractivity contribution in [2.24, 2.45) is 10.9 Å². The van der Waals surface area contributed by atoms with E-state index in [-0.39, 0.29) is 36.1 Å². The van der Waals surface area contributed by atoms with Gasteiger partial charge in [0.05, 0.1) is 25.4 Å². The quantitative estimate of drug-likeness (QED) is 0.352. The minimum atomic E-state index is -4.42. The lowest BCUT2D eigenvalue weighted by Crippen LogP contribution is -2.41. The van der Waals surface area contributed by atoms with E-state index in [1.807, 2.05) is 16.8 Å². The first kappa shape index (κ1) is 25.0. The van der Waals surface area contributed by atoms with Gasteiger partial charge >= 0.3 is 6.18 Å². The van der Waals surface area contributed by atoms with Crippen LogP contribution in [-0.4, -0.2) is 71.0 Å². The number of anilines is 1. The van der Waals surface area contributed by atoms with E-state index in [1.165, 1.54) is 6.07 Å². The van der Waals surface area contributed by atoms with Crippen molar-refractivity contribution in [2.75, 3.05) is 65.1 Å². The van der Waals surface area contributed by atoms with Crippen LogP contribution in [0.5, 0.6) is 0 Å².